The molecule has 0 fully saturated rings. The number of ether oxygens (including phenoxy) is 1. The van der Waals surface area contributed by atoms with Gasteiger partial charge < -0.3 is 4.74 Å². The van der Waals surface area contributed by atoms with Crippen LogP contribution in [-0.2, 0) is 14.8 Å². The highest BCUT2D eigenvalue weighted by Gasteiger charge is 2.42. The average molecular weight is 383 g/mol. The van der Waals surface area contributed by atoms with Crippen molar-refractivity contribution >= 4 is 37.0 Å². The molecule has 1 aliphatic carbocycles. The molecule has 3 rings (SSSR count). The highest BCUT2D eigenvalue weighted by atomic mass is 79.9. The largest absolute Gasteiger partial charge is 0.501 e. The van der Waals surface area contributed by atoms with Gasteiger partial charge in [-0.3, -0.25) is 0 Å². The third-order valence-corrected chi connectivity index (χ3v) is 6.50. The van der Waals surface area contributed by atoms with E-state index in [2.05, 4.69) is 20.9 Å². The summed E-state index contributed by atoms with van der Waals surface area (Å²) in [6.45, 7) is 1.68. The Balaban J connectivity index is 2.16. The lowest BCUT2D eigenvalue weighted by atomic mass is 10.0. The Morgan fingerprint density at radius 2 is 2.18 bits per heavy atom. The highest BCUT2D eigenvalue weighted by Crippen LogP contribution is 2.37. The average Bonchev–Trinajstić information content (AvgIpc) is 2.90. The van der Waals surface area contributed by atoms with Crippen molar-refractivity contribution in [3.8, 4) is 0 Å². The van der Waals surface area contributed by atoms with E-state index in [1.807, 2.05) is 6.07 Å². The van der Waals surface area contributed by atoms with E-state index in [0.29, 0.717) is 15.9 Å². The third kappa shape index (κ3) is 2.28. The zero-order valence-corrected chi connectivity index (χ0v) is 14.6. The van der Waals surface area contributed by atoms with Crippen LogP contribution in [0.5, 0.6) is 0 Å². The van der Waals surface area contributed by atoms with Gasteiger partial charge in [-0.2, -0.15) is 0 Å². The second-order valence-corrected chi connectivity index (χ2v) is 8.56. The Bertz CT molecular complexity index is 898. The maximum atomic E-state index is 13.2. The highest BCUT2D eigenvalue weighted by molar-refractivity contribution is 9.11. The van der Waals surface area contributed by atoms with E-state index in [1.54, 1.807) is 43.6 Å². The van der Waals surface area contributed by atoms with Gasteiger partial charge in [0.2, 0.25) is 10.0 Å². The van der Waals surface area contributed by atoms with Crippen molar-refractivity contribution in [1.82, 2.24) is 8.96 Å². The number of hydrogen-bond acceptors (Lipinski definition) is 4. The van der Waals surface area contributed by atoms with Gasteiger partial charge in [-0.25, -0.2) is 17.4 Å². The molecule has 0 saturated heterocycles. The fourth-order valence-corrected chi connectivity index (χ4v) is 5.16. The molecule has 1 aliphatic rings. The molecule has 7 heteroatoms. The van der Waals surface area contributed by atoms with Crippen LogP contribution in [0.1, 0.15) is 13.3 Å². The van der Waals surface area contributed by atoms with Gasteiger partial charge in [0.15, 0.2) is 5.65 Å². The molecule has 0 saturated carbocycles. The molecule has 0 spiro atoms. The van der Waals surface area contributed by atoms with Crippen LogP contribution in [0.15, 0.2) is 53.0 Å². The molecule has 0 aliphatic heterocycles. The van der Waals surface area contributed by atoms with Gasteiger partial charge >= 0.3 is 0 Å². The lowest BCUT2D eigenvalue weighted by Crippen LogP contribution is -2.39. The van der Waals surface area contributed by atoms with Crippen LogP contribution in [-0.4, -0.2) is 29.2 Å². The number of hydrogen-bond donors (Lipinski definition) is 0. The number of pyridine rings is 1. The van der Waals surface area contributed by atoms with Gasteiger partial charge in [-0.1, -0.05) is 15.9 Å². The maximum absolute atomic E-state index is 13.2. The predicted octanol–water partition coefficient (Wildman–Crippen LogP) is 3.19. The zero-order chi connectivity index (χ0) is 16.0. The monoisotopic (exact) mass is 382 g/mol. The Labute approximate surface area is 137 Å². The van der Waals surface area contributed by atoms with E-state index >= 15 is 0 Å². The first-order valence-corrected chi connectivity index (χ1v) is 8.91. The van der Waals surface area contributed by atoms with Gasteiger partial charge in [0, 0.05) is 28.7 Å². The summed E-state index contributed by atoms with van der Waals surface area (Å²) in [4.78, 5) is 4.20. The first-order chi connectivity index (χ1) is 10.4. The summed E-state index contributed by atoms with van der Waals surface area (Å²) in [6.07, 6.45) is 6.88. The Morgan fingerprint density at radius 1 is 1.41 bits per heavy atom. The van der Waals surface area contributed by atoms with Crippen LogP contribution in [0.4, 0.5) is 0 Å². The first-order valence-electron chi connectivity index (χ1n) is 6.67. The fraction of sp³-hybridized carbons (Fsp3) is 0.267. The van der Waals surface area contributed by atoms with Crippen molar-refractivity contribution < 1.29 is 13.2 Å². The lowest BCUT2D eigenvalue weighted by Gasteiger charge is -2.30. The summed E-state index contributed by atoms with van der Waals surface area (Å²) < 4.78 is 32.4. The number of allylic oxidation sites excluding steroid dienone is 3. The molecule has 5 nitrogen and oxygen atoms in total. The summed E-state index contributed by atoms with van der Waals surface area (Å²) >= 11 is 3.37. The molecule has 22 heavy (non-hydrogen) atoms. The molecule has 0 aromatic carbocycles. The molecule has 1 unspecified atom stereocenters. The van der Waals surface area contributed by atoms with Gasteiger partial charge in [0.05, 0.1) is 12.9 Å². The molecule has 2 aromatic rings. The SMILES string of the molecule is COC1=CC(Br)=CC(C)(S(=O)(=O)n2ccc3cccnc32)C1. The van der Waals surface area contributed by atoms with E-state index in [9.17, 15) is 8.42 Å². The molecule has 0 bridgehead atoms. The smallest absolute Gasteiger partial charge is 0.249 e. The molecule has 1 atom stereocenters. The van der Waals surface area contributed by atoms with E-state index in [0.717, 1.165) is 5.39 Å². The summed E-state index contributed by atoms with van der Waals surface area (Å²) in [5.41, 5.74) is 0.432. The van der Waals surface area contributed by atoms with Crippen LogP contribution in [0.3, 0.4) is 0 Å². The number of rotatable bonds is 3. The summed E-state index contributed by atoms with van der Waals surface area (Å²) in [5, 5.41) is 0.788. The van der Waals surface area contributed by atoms with Crippen molar-refractivity contribution in [2.75, 3.05) is 7.11 Å². The summed E-state index contributed by atoms with van der Waals surface area (Å²) in [6, 6.07) is 5.37. The molecular formula is C15H15BrN2O3S. The normalized spacial score (nSPS) is 22.3. The Morgan fingerprint density at radius 3 is 2.91 bits per heavy atom. The van der Waals surface area contributed by atoms with Gasteiger partial charge in [-0.05, 0) is 37.3 Å². The maximum Gasteiger partial charge on any atom is 0.249 e. The molecular weight excluding hydrogens is 368 g/mol. The molecule has 0 N–H and O–H groups in total. The van der Waals surface area contributed by atoms with Crippen molar-refractivity contribution in [1.29, 1.82) is 0 Å². The van der Waals surface area contributed by atoms with Crippen LogP contribution in [0.25, 0.3) is 11.0 Å². The van der Waals surface area contributed by atoms with Crippen LogP contribution in [0.2, 0.25) is 0 Å². The van der Waals surface area contributed by atoms with Crippen LogP contribution < -0.4 is 0 Å². The van der Waals surface area contributed by atoms with Crippen LogP contribution >= 0.6 is 15.9 Å². The summed E-state index contributed by atoms with van der Waals surface area (Å²) in [5.74, 6) is 0.616. The van der Waals surface area contributed by atoms with Gasteiger partial charge in [0.25, 0.3) is 0 Å². The first kappa shape index (κ1) is 15.3. The molecule has 116 valence electrons. The minimum atomic E-state index is -3.69. The Kier molecular flexibility index (Phi) is 3.65. The quantitative estimate of drug-likeness (QED) is 0.817. The predicted molar refractivity (Wildman–Crippen MR) is 89.2 cm³/mol. The third-order valence-electron chi connectivity index (χ3n) is 3.79. The molecule has 2 heterocycles. The zero-order valence-electron chi connectivity index (χ0n) is 12.2. The Hall–Kier alpha value is -1.60. The van der Waals surface area contributed by atoms with Crippen molar-refractivity contribution in [3.63, 3.8) is 0 Å². The number of aromatic nitrogens is 2. The van der Waals surface area contributed by atoms with Crippen molar-refractivity contribution in [2.24, 2.45) is 0 Å². The molecule has 0 amide bonds. The number of halogens is 1. The molecule has 2 aromatic heterocycles. The van der Waals surface area contributed by atoms with Gasteiger partial charge in [-0.15, -0.1) is 0 Å². The minimum Gasteiger partial charge on any atom is -0.501 e. The van der Waals surface area contributed by atoms with E-state index in [-0.39, 0.29) is 6.42 Å². The lowest BCUT2D eigenvalue weighted by molar-refractivity contribution is 0.269. The minimum absolute atomic E-state index is 0.271. The molecule has 0 radical (unpaired) electrons. The van der Waals surface area contributed by atoms with Gasteiger partial charge in [0.1, 0.15) is 4.75 Å². The number of nitrogens with zero attached hydrogens (tertiary/aromatic N) is 2. The van der Waals surface area contributed by atoms with E-state index in [1.165, 1.54) is 11.1 Å². The summed E-state index contributed by atoms with van der Waals surface area (Å²) in [7, 11) is -2.16. The number of methoxy groups -OCH3 is 1. The second-order valence-electron chi connectivity index (χ2n) is 5.37. The fourth-order valence-electron chi connectivity index (χ4n) is 2.59. The van der Waals surface area contributed by atoms with E-state index in [4.69, 9.17) is 4.74 Å². The van der Waals surface area contributed by atoms with Crippen molar-refractivity contribution in [2.45, 2.75) is 18.1 Å². The number of fused-ring (bicyclic) bond motifs is 1. The van der Waals surface area contributed by atoms with Crippen LogP contribution in [0, 0.1) is 0 Å². The second kappa shape index (κ2) is 5.24. The standard InChI is InChI=1S/C15H15BrN2O3S/c1-15(9-12(16)8-13(10-15)21-2)22(19,20)18-7-5-11-4-3-6-17-14(11)18/h3-9H,10H2,1-2H3. The van der Waals surface area contributed by atoms with E-state index < -0.39 is 14.8 Å². The topological polar surface area (TPSA) is 61.2 Å². The van der Waals surface area contributed by atoms with Crippen molar-refractivity contribution in [3.05, 3.63) is 53.0 Å².